The van der Waals surface area contributed by atoms with Gasteiger partial charge in [-0.15, -0.1) is 0 Å². The second-order valence-electron chi connectivity index (χ2n) is 18.1. The van der Waals surface area contributed by atoms with E-state index in [1.807, 2.05) is 21.1 Å². The molecule has 0 aromatic heterocycles. The van der Waals surface area contributed by atoms with Gasteiger partial charge < -0.3 is 27.9 Å². The minimum Gasteiger partial charge on any atom is -0.756 e. The summed E-state index contributed by atoms with van der Waals surface area (Å²) in [6, 6.07) is 0. The molecule has 0 spiro atoms. The standard InChI is InChI=1S/C52H98NO7P/c1-6-8-10-12-14-16-18-20-22-24-26-27-28-29-31-33-35-37-39-41-43-45-52(54)60-51(50-59-61(55,56)58-48-46-53(3,4)5)49-57-47-44-42-40-38-36-34-32-30-25-23-21-19-17-15-13-11-9-7-2/h9,11,15,17,21,23-24,26,51H,6-8,10,12-14,16,18-20,22,25,27-50H2,1-5H3/b11-9-,17-15-,23-21-,26-24-. The molecule has 0 heterocycles. The monoisotopic (exact) mass is 880 g/mol. The molecular formula is C52H98NO7P. The highest BCUT2D eigenvalue weighted by Gasteiger charge is 2.20. The van der Waals surface area contributed by atoms with Gasteiger partial charge in [-0.25, -0.2) is 0 Å². The van der Waals surface area contributed by atoms with Crippen molar-refractivity contribution in [1.29, 1.82) is 0 Å². The van der Waals surface area contributed by atoms with E-state index in [9.17, 15) is 14.3 Å². The lowest BCUT2D eigenvalue weighted by molar-refractivity contribution is -0.870. The predicted octanol–water partition coefficient (Wildman–Crippen LogP) is 14.9. The Labute approximate surface area is 378 Å². The molecule has 2 atom stereocenters. The normalized spacial score (nSPS) is 14.0. The highest BCUT2D eigenvalue weighted by atomic mass is 31.2. The molecule has 0 saturated carbocycles. The molecule has 0 aromatic carbocycles. The lowest BCUT2D eigenvalue weighted by atomic mass is 10.1. The minimum atomic E-state index is -4.53. The quantitative estimate of drug-likeness (QED) is 0.0198. The largest absolute Gasteiger partial charge is 0.756 e. The van der Waals surface area contributed by atoms with Crippen molar-refractivity contribution in [2.45, 2.75) is 225 Å². The first-order valence-corrected chi connectivity index (χ1v) is 26.8. The fourth-order valence-corrected chi connectivity index (χ4v) is 7.70. The van der Waals surface area contributed by atoms with E-state index < -0.39 is 13.9 Å². The molecule has 358 valence electrons. The number of ether oxygens (including phenoxy) is 2. The van der Waals surface area contributed by atoms with E-state index in [1.54, 1.807) is 0 Å². The number of hydrogen-bond donors (Lipinski definition) is 0. The van der Waals surface area contributed by atoms with Crippen molar-refractivity contribution in [3.05, 3.63) is 48.6 Å². The van der Waals surface area contributed by atoms with E-state index in [4.69, 9.17) is 18.5 Å². The molecule has 0 fully saturated rings. The third kappa shape index (κ3) is 49.3. The number of likely N-dealkylation sites (N-methyl/N-ethyl adjacent to an activating group) is 1. The topological polar surface area (TPSA) is 94.1 Å². The van der Waals surface area contributed by atoms with E-state index >= 15 is 0 Å². The molecule has 2 unspecified atom stereocenters. The van der Waals surface area contributed by atoms with Gasteiger partial charge in [-0.05, 0) is 70.6 Å². The number of quaternary nitrogens is 1. The van der Waals surface area contributed by atoms with Gasteiger partial charge in [0.15, 0.2) is 0 Å². The lowest BCUT2D eigenvalue weighted by Crippen LogP contribution is -2.37. The molecular weight excluding hydrogens is 782 g/mol. The molecule has 0 bridgehead atoms. The van der Waals surface area contributed by atoms with Gasteiger partial charge in [0, 0.05) is 13.0 Å². The molecule has 0 aliphatic carbocycles. The molecule has 8 nitrogen and oxygen atoms in total. The highest BCUT2D eigenvalue weighted by Crippen LogP contribution is 2.38. The van der Waals surface area contributed by atoms with E-state index in [2.05, 4.69) is 62.5 Å². The van der Waals surface area contributed by atoms with Crippen LogP contribution >= 0.6 is 7.82 Å². The van der Waals surface area contributed by atoms with Crippen LogP contribution in [0, 0.1) is 0 Å². The number of allylic oxidation sites excluding steroid dienone is 8. The van der Waals surface area contributed by atoms with Crippen molar-refractivity contribution >= 4 is 13.8 Å². The van der Waals surface area contributed by atoms with Crippen molar-refractivity contribution in [3.63, 3.8) is 0 Å². The first-order valence-electron chi connectivity index (χ1n) is 25.4. The van der Waals surface area contributed by atoms with Crippen LogP contribution in [0.15, 0.2) is 48.6 Å². The van der Waals surface area contributed by atoms with Crippen LogP contribution < -0.4 is 4.89 Å². The molecule has 0 aromatic rings. The van der Waals surface area contributed by atoms with E-state index in [0.717, 1.165) is 57.8 Å². The number of carbonyl (C=O) groups is 1. The molecule has 0 N–H and O–H groups in total. The Balaban J connectivity index is 4.15. The van der Waals surface area contributed by atoms with Crippen LogP contribution in [0.4, 0.5) is 0 Å². The predicted molar refractivity (Wildman–Crippen MR) is 259 cm³/mol. The minimum absolute atomic E-state index is 0.0233. The maximum absolute atomic E-state index is 12.7. The summed E-state index contributed by atoms with van der Waals surface area (Å²) < 4.78 is 34.7. The Kier molecular flexibility index (Phi) is 43.9. The van der Waals surface area contributed by atoms with Crippen molar-refractivity contribution in [2.75, 3.05) is 54.1 Å². The molecule has 61 heavy (non-hydrogen) atoms. The Morgan fingerprint density at radius 3 is 1.44 bits per heavy atom. The average Bonchev–Trinajstić information content (AvgIpc) is 3.22. The fraction of sp³-hybridized carbons (Fsp3) is 0.827. The fourth-order valence-electron chi connectivity index (χ4n) is 6.97. The number of phosphoric ester groups is 1. The molecule has 0 saturated heterocycles. The Morgan fingerprint density at radius 2 is 0.951 bits per heavy atom. The summed E-state index contributed by atoms with van der Waals surface area (Å²) in [5, 5.41) is 0. The molecule has 0 amide bonds. The van der Waals surface area contributed by atoms with Crippen LogP contribution in [0.2, 0.25) is 0 Å². The zero-order chi connectivity index (χ0) is 44.8. The third-order valence-electron chi connectivity index (χ3n) is 10.9. The Bertz CT molecular complexity index is 1120. The molecule has 0 aliphatic heterocycles. The van der Waals surface area contributed by atoms with Gasteiger partial charge in [0.05, 0.1) is 34.4 Å². The second kappa shape index (κ2) is 45.0. The zero-order valence-electron chi connectivity index (χ0n) is 40.6. The smallest absolute Gasteiger partial charge is 0.306 e. The summed E-state index contributed by atoms with van der Waals surface area (Å²) in [5.74, 6) is -0.338. The first-order chi connectivity index (χ1) is 29.6. The average molecular weight is 880 g/mol. The van der Waals surface area contributed by atoms with Gasteiger partial charge >= 0.3 is 5.97 Å². The number of phosphoric acid groups is 1. The lowest BCUT2D eigenvalue weighted by Gasteiger charge is -2.28. The maximum Gasteiger partial charge on any atom is 0.306 e. The Hall–Kier alpha value is -1.54. The summed E-state index contributed by atoms with van der Waals surface area (Å²) in [5.41, 5.74) is 0. The first kappa shape index (κ1) is 59.5. The van der Waals surface area contributed by atoms with Crippen molar-refractivity contribution in [3.8, 4) is 0 Å². The summed E-state index contributed by atoms with van der Waals surface area (Å²) in [6.45, 7) is 5.30. The summed E-state index contributed by atoms with van der Waals surface area (Å²) >= 11 is 0. The summed E-state index contributed by atoms with van der Waals surface area (Å²) in [7, 11) is 1.35. The van der Waals surface area contributed by atoms with Crippen LogP contribution in [-0.2, 0) is 27.9 Å². The number of hydrogen-bond acceptors (Lipinski definition) is 7. The number of esters is 1. The summed E-state index contributed by atoms with van der Waals surface area (Å²) in [6.07, 6.45) is 55.6. The maximum atomic E-state index is 12.7. The zero-order valence-corrected chi connectivity index (χ0v) is 41.5. The van der Waals surface area contributed by atoms with E-state index in [-0.39, 0.29) is 25.8 Å². The van der Waals surface area contributed by atoms with Crippen LogP contribution in [-0.4, -0.2) is 70.7 Å². The Morgan fingerprint density at radius 1 is 0.525 bits per heavy atom. The number of rotatable bonds is 47. The highest BCUT2D eigenvalue weighted by molar-refractivity contribution is 7.45. The molecule has 0 rings (SSSR count). The van der Waals surface area contributed by atoms with Gasteiger partial charge in [0.1, 0.15) is 19.3 Å². The SMILES string of the molecule is CC/C=C\C/C=C\C/C=C\CCCCCCCCCCOCC(COP(=O)([O-])OCC[N+](C)(C)C)OC(=O)CCCCCCCCCCC/C=C\CCCCCCCCCC. The van der Waals surface area contributed by atoms with Crippen molar-refractivity contribution in [1.82, 2.24) is 0 Å². The summed E-state index contributed by atoms with van der Waals surface area (Å²) in [4.78, 5) is 25.2. The van der Waals surface area contributed by atoms with Gasteiger partial charge in [0.25, 0.3) is 7.82 Å². The van der Waals surface area contributed by atoms with Crippen molar-refractivity contribution in [2.24, 2.45) is 0 Å². The number of carbonyl (C=O) groups excluding carboxylic acids is 1. The molecule has 0 radical (unpaired) electrons. The number of nitrogens with zero attached hydrogens (tertiary/aromatic N) is 1. The van der Waals surface area contributed by atoms with E-state index in [0.29, 0.717) is 24.1 Å². The van der Waals surface area contributed by atoms with Crippen molar-refractivity contribution < 1.29 is 37.3 Å². The van der Waals surface area contributed by atoms with Crippen LogP contribution in [0.3, 0.4) is 0 Å². The molecule has 0 aliphatic rings. The van der Waals surface area contributed by atoms with Crippen LogP contribution in [0.1, 0.15) is 219 Å². The van der Waals surface area contributed by atoms with Crippen LogP contribution in [0.5, 0.6) is 0 Å². The van der Waals surface area contributed by atoms with Crippen LogP contribution in [0.25, 0.3) is 0 Å². The van der Waals surface area contributed by atoms with Gasteiger partial charge in [0.2, 0.25) is 0 Å². The van der Waals surface area contributed by atoms with Gasteiger partial charge in [-0.2, -0.15) is 0 Å². The number of unbranched alkanes of at least 4 members (excludes halogenated alkanes) is 25. The van der Waals surface area contributed by atoms with Gasteiger partial charge in [-0.3, -0.25) is 9.36 Å². The molecule has 9 heteroatoms. The third-order valence-corrected chi connectivity index (χ3v) is 11.8. The second-order valence-corrected chi connectivity index (χ2v) is 19.6. The van der Waals surface area contributed by atoms with E-state index in [1.165, 1.54) is 141 Å². The van der Waals surface area contributed by atoms with Gasteiger partial charge in [-0.1, -0.05) is 191 Å².